The molecule has 0 radical (unpaired) electrons. The molecular weight excluding hydrogens is 230 g/mol. The van der Waals surface area contributed by atoms with Crippen LogP contribution >= 0.6 is 0 Å². The van der Waals surface area contributed by atoms with Crippen LogP contribution in [0.25, 0.3) is 0 Å². The number of benzene rings is 2. The molecule has 0 aliphatic rings. The Balaban J connectivity index is 2.06. The third-order valence-corrected chi connectivity index (χ3v) is 2.66. The second-order valence-electron chi connectivity index (χ2n) is 4.03. The van der Waals surface area contributed by atoms with Crippen molar-refractivity contribution in [3.8, 4) is 11.5 Å². The summed E-state index contributed by atoms with van der Waals surface area (Å²) in [6, 6.07) is 11.9. The van der Waals surface area contributed by atoms with Crippen molar-refractivity contribution in [3.05, 3.63) is 53.6 Å². The van der Waals surface area contributed by atoms with Gasteiger partial charge in [-0.25, -0.2) is 0 Å². The molecule has 0 heterocycles. The molecule has 2 aromatic rings. The van der Waals surface area contributed by atoms with E-state index in [0.717, 1.165) is 11.3 Å². The standard InChI is InChI=1S/C14H15NO3/c16-9-10-2-1-3-12(6-10)15-8-11-4-5-13(17)7-14(11)18/h1-7,15-18H,8-9H2. The predicted molar refractivity (Wildman–Crippen MR) is 69.5 cm³/mol. The molecule has 4 nitrogen and oxygen atoms in total. The number of aromatic hydroxyl groups is 2. The molecule has 0 unspecified atom stereocenters. The van der Waals surface area contributed by atoms with E-state index in [1.807, 2.05) is 24.3 Å². The Morgan fingerprint density at radius 1 is 1.00 bits per heavy atom. The molecule has 0 bridgehead atoms. The lowest BCUT2D eigenvalue weighted by molar-refractivity contribution is 0.282. The quantitative estimate of drug-likeness (QED) is 0.666. The molecular formula is C14H15NO3. The van der Waals surface area contributed by atoms with Crippen LogP contribution in [0.2, 0.25) is 0 Å². The van der Waals surface area contributed by atoms with Crippen LogP contribution in [0.1, 0.15) is 11.1 Å². The second-order valence-corrected chi connectivity index (χ2v) is 4.03. The summed E-state index contributed by atoms with van der Waals surface area (Å²) < 4.78 is 0. The zero-order valence-electron chi connectivity index (χ0n) is 9.80. The minimum Gasteiger partial charge on any atom is -0.508 e. The minimum absolute atomic E-state index is 0.0000205. The Hall–Kier alpha value is -2.20. The largest absolute Gasteiger partial charge is 0.508 e. The summed E-state index contributed by atoms with van der Waals surface area (Å²) in [7, 11) is 0. The molecule has 2 rings (SSSR count). The van der Waals surface area contributed by atoms with Crippen LogP contribution in [-0.4, -0.2) is 15.3 Å². The first-order chi connectivity index (χ1) is 8.69. The Morgan fingerprint density at radius 2 is 1.83 bits per heavy atom. The van der Waals surface area contributed by atoms with Crippen LogP contribution < -0.4 is 5.32 Å². The highest BCUT2D eigenvalue weighted by Crippen LogP contribution is 2.23. The molecule has 0 saturated heterocycles. The minimum atomic E-state index is -0.0000205. The van der Waals surface area contributed by atoms with E-state index in [2.05, 4.69) is 5.32 Å². The molecule has 0 fully saturated rings. The number of phenolic OH excluding ortho intramolecular Hbond substituents is 2. The van der Waals surface area contributed by atoms with Crippen molar-refractivity contribution in [1.82, 2.24) is 0 Å². The summed E-state index contributed by atoms with van der Waals surface area (Å²) >= 11 is 0. The van der Waals surface area contributed by atoms with E-state index in [4.69, 9.17) is 5.11 Å². The van der Waals surface area contributed by atoms with E-state index in [1.54, 1.807) is 6.07 Å². The van der Waals surface area contributed by atoms with Crippen molar-refractivity contribution < 1.29 is 15.3 Å². The smallest absolute Gasteiger partial charge is 0.124 e. The number of aliphatic hydroxyl groups is 1. The van der Waals surface area contributed by atoms with E-state index in [0.29, 0.717) is 12.1 Å². The fourth-order valence-electron chi connectivity index (χ4n) is 1.68. The summed E-state index contributed by atoms with van der Waals surface area (Å²) in [6.07, 6.45) is 0. The van der Waals surface area contributed by atoms with Crippen LogP contribution in [-0.2, 0) is 13.2 Å². The maximum atomic E-state index is 9.63. The lowest BCUT2D eigenvalue weighted by Crippen LogP contribution is -2.00. The first-order valence-corrected chi connectivity index (χ1v) is 5.63. The van der Waals surface area contributed by atoms with Gasteiger partial charge < -0.3 is 20.6 Å². The monoisotopic (exact) mass is 245 g/mol. The highest BCUT2D eigenvalue weighted by atomic mass is 16.3. The van der Waals surface area contributed by atoms with Gasteiger partial charge in [0.25, 0.3) is 0 Å². The molecule has 4 N–H and O–H groups in total. The summed E-state index contributed by atoms with van der Waals surface area (Å²) in [5.41, 5.74) is 2.39. The molecule has 0 spiro atoms. The van der Waals surface area contributed by atoms with Crippen molar-refractivity contribution in [2.45, 2.75) is 13.2 Å². The van der Waals surface area contributed by atoms with Crippen LogP contribution in [0.15, 0.2) is 42.5 Å². The maximum absolute atomic E-state index is 9.63. The Kier molecular flexibility index (Phi) is 3.69. The van der Waals surface area contributed by atoms with Crippen molar-refractivity contribution in [2.24, 2.45) is 0 Å². The van der Waals surface area contributed by atoms with Gasteiger partial charge in [0.05, 0.1) is 6.61 Å². The van der Waals surface area contributed by atoms with Crippen molar-refractivity contribution >= 4 is 5.69 Å². The zero-order chi connectivity index (χ0) is 13.0. The van der Waals surface area contributed by atoms with E-state index in [1.165, 1.54) is 12.1 Å². The molecule has 0 aliphatic carbocycles. The third-order valence-electron chi connectivity index (χ3n) is 2.66. The zero-order valence-corrected chi connectivity index (χ0v) is 9.80. The van der Waals surface area contributed by atoms with Gasteiger partial charge in [0.15, 0.2) is 0 Å². The molecule has 0 atom stereocenters. The molecule has 0 amide bonds. The molecule has 2 aromatic carbocycles. The third kappa shape index (κ3) is 2.93. The summed E-state index contributed by atoms with van der Waals surface area (Å²) in [6.45, 7) is 0.445. The van der Waals surface area contributed by atoms with Crippen LogP contribution in [0, 0.1) is 0 Å². The molecule has 18 heavy (non-hydrogen) atoms. The van der Waals surface area contributed by atoms with Gasteiger partial charge in [0.1, 0.15) is 11.5 Å². The Labute approximate surface area is 105 Å². The number of phenols is 2. The lowest BCUT2D eigenvalue weighted by Gasteiger charge is -2.09. The van der Waals surface area contributed by atoms with Gasteiger partial charge in [-0.2, -0.15) is 0 Å². The van der Waals surface area contributed by atoms with E-state index < -0.39 is 0 Å². The normalized spacial score (nSPS) is 10.3. The maximum Gasteiger partial charge on any atom is 0.124 e. The molecule has 0 saturated carbocycles. The van der Waals surface area contributed by atoms with Gasteiger partial charge >= 0.3 is 0 Å². The predicted octanol–water partition coefficient (Wildman–Crippen LogP) is 2.20. The summed E-state index contributed by atoms with van der Waals surface area (Å²) in [5.74, 6) is 0.0966. The van der Waals surface area contributed by atoms with Gasteiger partial charge in [-0.3, -0.25) is 0 Å². The number of aliphatic hydroxyl groups excluding tert-OH is 1. The summed E-state index contributed by atoms with van der Waals surface area (Å²) in [5, 5.41) is 31.0. The number of rotatable bonds is 4. The molecule has 94 valence electrons. The topological polar surface area (TPSA) is 72.7 Å². The number of hydrogen-bond donors (Lipinski definition) is 4. The highest BCUT2D eigenvalue weighted by Gasteiger charge is 2.02. The van der Waals surface area contributed by atoms with Crippen molar-refractivity contribution in [2.75, 3.05) is 5.32 Å². The summed E-state index contributed by atoms with van der Waals surface area (Å²) in [4.78, 5) is 0. The lowest BCUT2D eigenvalue weighted by atomic mass is 10.1. The van der Waals surface area contributed by atoms with Gasteiger partial charge in [-0.05, 0) is 29.8 Å². The Morgan fingerprint density at radius 3 is 2.56 bits per heavy atom. The van der Waals surface area contributed by atoms with Crippen LogP contribution in [0.5, 0.6) is 11.5 Å². The van der Waals surface area contributed by atoms with Gasteiger partial charge in [-0.15, -0.1) is 0 Å². The second kappa shape index (κ2) is 5.42. The van der Waals surface area contributed by atoms with Gasteiger partial charge in [-0.1, -0.05) is 12.1 Å². The SMILES string of the molecule is OCc1cccc(NCc2ccc(O)cc2O)c1. The van der Waals surface area contributed by atoms with E-state index in [-0.39, 0.29) is 18.1 Å². The van der Waals surface area contributed by atoms with Crippen molar-refractivity contribution in [1.29, 1.82) is 0 Å². The highest BCUT2D eigenvalue weighted by molar-refractivity contribution is 5.48. The van der Waals surface area contributed by atoms with Gasteiger partial charge in [0.2, 0.25) is 0 Å². The molecule has 0 aliphatic heterocycles. The Bertz CT molecular complexity index is 540. The average Bonchev–Trinajstić information content (AvgIpc) is 2.38. The fraction of sp³-hybridized carbons (Fsp3) is 0.143. The van der Waals surface area contributed by atoms with Gasteiger partial charge in [0, 0.05) is 23.9 Å². The van der Waals surface area contributed by atoms with E-state index in [9.17, 15) is 10.2 Å². The van der Waals surface area contributed by atoms with Crippen LogP contribution in [0.3, 0.4) is 0 Å². The fourth-order valence-corrected chi connectivity index (χ4v) is 1.68. The average molecular weight is 245 g/mol. The molecule has 4 heteroatoms. The van der Waals surface area contributed by atoms with Crippen molar-refractivity contribution in [3.63, 3.8) is 0 Å². The number of anilines is 1. The molecule has 0 aromatic heterocycles. The first kappa shape index (κ1) is 12.3. The first-order valence-electron chi connectivity index (χ1n) is 5.63. The van der Waals surface area contributed by atoms with E-state index >= 15 is 0 Å². The number of hydrogen-bond acceptors (Lipinski definition) is 4. The number of nitrogens with one attached hydrogen (secondary N) is 1. The van der Waals surface area contributed by atoms with Crippen LogP contribution in [0.4, 0.5) is 5.69 Å².